The first kappa shape index (κ1) is 11.3. The van der Waals surface area contributed by atoms with Crippen LogP contribution in [0.4, 0.5) is 5.69 Å². The third-order valence-electron chi connectivity index (χ3n) is 2.71. The van der Waals surface area contributed by atoms with Crippen molar-refractivity contribution in [3.63, 3.8) is 0 Å². The zero-order valence-corrected chi connectivity index (χ0v) is 9.81. The van der Waals surface area contributed by atoms with Crippen LogP contribution in [0.3, 0.4) is 0 Å². The molecule has 2 heteroatoms. The fourth-order valence-electron chi connectivity index (χ4n) is 1.88. The van der Waals surface area contributed by atoms with Crippen LogP contribution in [0.25, 0.3) is 16.8 Å². The van der Waals surface area contributed by atoms with Gasteiger partial charge in [-0.1, -0.05) is 49.1 Å². The molecule has 0 aliphatic heterocycles. The molecule has 0 saturated carbocycles. The van der Waals surface area contributed by atoms with Gasteiger partial charge in [-0.3, -0.25) is 0 Å². The molecule has 0 aliphatic carbocycles. The van der Waals surface area contributed by atoms with E-state index < -0.39 is 0 Å². The Bertz CT molecular complexity index is 585. The first-order chi connectivity index (χ1) is 8.27. The molecule has 17 heavy (non-hydrogen) atoms. The van der Waals surface area contributed by atoms with Crippen LogP contribution in [0.2, 0.25) is 0 Å². The number of nitrogen functional groups attached to an aromatic ring is 1. The monoisotopic (exact) mass is 225 g/mol. The summed E-state index contributed by atoms with van der Waals surface area (Å²) < 4.78 is 5.29. The zero-order chi connectivity index (χ0) is 12.3. The van der Waals surface area contributed by atoms with Crippen molar-refractivity contribution in [2.45, 2.75) is 0 Å². The molecular weight excluding hydrogens is 210 g/mol. The second-order valence-electron chi connectivity index (χ2n) is 3.72. The quantitative estimate of drug-likeness (QED) is 0.639. The van der Waals surface area contributed by atoms with Crippen molar-refractivity contribution in [1.82, 2.24) is 0 Å². The molecule has 0 bridgehead atoms. The number of ether oxygens (including phenoxy) is 1. The van der Waals surface area contributed by atoms with Gasteiger partial charge in [0.05, 0.1) is 12.8 Å². The zero-order valence-electron chi connectivity index (χ0n) is 9.81. The minimum atomic E-state index is 0.657. The lowest BCUT2D eigenvalue weighted by Crippen LogP contribution is -1.96. The number of hydrogen-bond donors (Lipinski definition) is 1. The Hall–Kier alpha value is -2.22. The van der Waals surface area contributed by atoms with Crippen LogP contribution < -0.4 is 10.5 Å². The van der Waals surface area contributed by atoms with Gasteiger partial charge in [0.1, 0.15) is 5.75 Å². The minimum absolute atomic E-state index is 0.657. The smallest absolute Gasteiger partial charge is 0.143 e. The molecule has 2 aromatic carbocycles. The summed E-state index contributed by atoms with van der Waals surface area (Å²) >= 11 is 0. The van der Waals surface area contributed by atoms with Crippen molar-refractivity contribution in [2.24, 2.45) is 0 Å². The lowest BCUT2D eigenvalue weighted by Gasteiger charge is -2.11. The van der Waals surface area contributed by atoms with Gasteiger partial charge >= 0.3 is 0 Å². The van der Waals surface area contributed by atoms with Gasteiger partial charge in [-0.2, -0.15) is 0 Å². The third-order valence-corrected chi connectivity index (χ3v) is 2.71. The Labute approximate surface area is 101 Å². The second kappa shape index (κ2) is 4.74. The van der Waals surface area contributed by atoms with E-state index in [-0.39, 0.29) is 0 Å². The summed E-state index contributed by atoms with van der Waals surface area (Å²) in [6.07, 6.45) is 5.55. The number of rotatable bonds is 3. The van der Waals surface area contributed by atoms with Gasteiger partial charge in [0.2, 0.25) is 0 Å². The first-order valence-electron chi connectivity index (χ1n) is 5.42. The molecule has 2 nitrogen and oxygen atoms in total. The number of benzene rings is 2. The molecule has 0 atom stereocenters. The molecule has 2 aromatic rings. The lowest BCUT2D eigenvalue weighted by molar-refractivity contribution is 0.417. The molecule has 0 aliphatic rings. The molecule has 0 aromatic heterocycles. The molecule has 0 unspecified atom stereocenters. The highest BCUT2D eigenvalue weighted by Crippen LogP contribution is 2.34. The van der Waals surface area contributed by atoms with Crippen molar-refractivity contribution in [2.75, 3.05) is 12.8 Å². The van der Waals surface area contributed by atoms with Crippen LogP contribution in [0, 0.1) is 0 Å². The summed E-state index contributed by atoms with van der Waals surface area (Å²) in [7, 11) is 1.63. The second-order valence-corrected chi connectivity index (χ2v) is 3.72. The normalized spacial score (nSPS) is 10.9. The Morgan fingerprint density at radius 1 is 1.29 bits per heavy atom. The van der Waals surface area contributed by atoms with Crippen LogP contribution in [-0.2, 0) is 0 Å². The predicted octanol–water partition coefficient (Wildman–Crippen LogP) is 3.63. The number of nitrogens with two attached hydrogens (primary N) is 1. The Morgan fingerprint density at radius 2 is 2.06 bits per heavy atom. The topological polar surface area (TPSA) is 35.2 Å². The Morgan fingerprint density at radius 3 is 2.76 bits per heavy atom. The molecule has 0 fully saturated rings. The molecule has 0 spiro atoms. The molecule has 2 rings (SSSR count). The number of fused-ring (bicyclic) bond motifs is 1. The largest absolute Gasteiger partial charge is 0.495 e. The number of anilines is 1. The van der Waals surface area contributed by atoms with Crippen LogP contribution in [-0.4, -0.2) is 7.11 Å². The molecule has 0 saturated heterocycles. The van der Waals surface area contributed by atoms with Crippen molar-refractivity contribution in [1.29, 1.82) is 0 Å². The average molecular weight is 225 g/mol. The van der Waals surface area contributed by atoms with Crippen molar-refractivity contribution < 1.29 is 4.74 Å². The number of methoxy groups -OCH3 is 1. The van der Waals surface area contributed by atoms with Gasteiger partial charge in [0, 0.05) is 5.56 Å². The third kappa shape index (κ3) is 2.02. The number of allylic oxidation sites excluding steroid dienone is 2. The lowest BCUT2D eigenvalue weighted by atomic mass is 10.0. The fourth-order valence-corrected chi connectivity index (χ4v) is 1.88. The summed E-state index contributed by atoms with van der Waals surface area (Å²) in [5, 5.41) is 2.23. The van der Waals surface area contributed by atoms with E-state index in [0.717, 1.165) is 16.3 Å². The highest BCUT2D eigenvalue weighted by molar-refractivity contribution is 5.97. The van der Waals surface area contributed by atoms with Gasteiger partial charge in [-0.15, -0.1) is 0 Å². The van der Waals surface area contributed by atoms with Gasteiger partial charge in [-0.25, -0.2) is 0 Å². The molecule has 0 heterocycles. The van der Waals surface area contributed by atoms with E-state index >= 15 is 0 Å². The summed E-state index contributed by atoms with van der Waals surface area (Å²) in [5.74, 6) is 0.701. The van der Waals surface area contributed by atoms with Crippen molar-refractivity contribution in [3.8, 4) is 5.75 Å². The van der Waals surface area contributed by atoms with Gasteiger partial charge in [-0.05, 0) is 16.8 Å². The summed E-state index contributed by atoms with van der Waals surface area (Å²) in [6, 6.07) is 10.0. The number of hydrogen-bond acceptors (Lipinski definition) is 2. The van der Waals surface area contributed by atoms with Crippen LogP contribution in [0.1, 0.15) is 5.56 Å². The minimum Gasteiger partial charge on any atom is -0.495 e. The highest BCUT2D eigenvalue weighted by Gasteiger charge is 2.08. The highest BCUT2D eigenvalue weighted by atomic mass is 16.5. The van der Waals surface area contributed by atoms with Crippen LogP contribution in [0.5, 0.6) is 5.75 Å². The van der Waals surface area contributed by atoms with Crippen LogP contribution >= 0.6 is 0 Å². The SMILES string of the molecule is C=C/C=C\c1c(N)c(OC)cc2ccccc12. The van der Waals surface area contributed by atoms with E-state index in [4.69, 9.17) is 10.5 Å². The van der Waals surface area contributed by atoms with Gasteiger partial charge in [0.15, 0.2) is 0 Å². The first-order valence-corrected chi connectivity index (χ1v) is 5.42. The summed E-state index contributed by atoms with van der Waals surface area (Å²) in [5.41, 5.74) is 7.72. The van der Waals surface area contributed by atoms with E-state index in [2.05, 4.69) is 6.58 Å². The van der Waals surface area contributed by atoms with E-state index in [0.29, 0.717) is 11.4 Å². The van der Waals surface area contributed by atoms with Crippen molar-refractivity contribution >= 4 is 22.5 Å². The molecular formula is C15H15NO. The standard InChI is InChI=1S/C15H15NO/c1-3-4-8-13-12-9-6-5-7-11(12)10-14(17-2)15(13)16/h3-10H,1,16H2,2H3/b8-4-. The molecule has 2 N–H and O–H groups in total. The fraction of sp³-hybridized carbons (Fsp3) is 0.0667. The van der Waals surface area contributed by atoms with Crippen LogP contribution in [0.15, 0.2) is 49.1 Å². The average Bonchev–Trinajstić information content (AvgIpc) is 2.37. The van der Waals surface area contributed by atoms with E-state index in [1.54, 1.807) is 13.2 Å². The summed E-state index contributed by atoms with van der Waals surface area (Å²) in [6.45, 7) is 3.67. The van der Waals surface area contributed by atoms with Gasteiger partial charge in [0.25, 0.3) is 0 Å². The van der Waals surface area contributed by atoms with Crippen molar-refractivity contribution in [3.05, 3.63) is 54.6 Å². The summed E-state index contributed by atoms with van der Waals surface area (Å²) in [4.78, 5) is 0. The molecule has 0 amide bonds. The van der Waals surface area contributed by atoms with E-state index in [1.807, 2.05) is 42.5 Å². The maximum absolute atomic E-state index is 6.09. The Balaban J connectivity index is 2.79. The van der Waals surface area contributed by atoms with Gasteiger partial charge < -0.3 is 10.5 Å². The predicted molar refractivity (Wildman–Crippen MR) is 74.1 cm³/mol. The molecule has 86 valence electrons. The Kier molecular flexibility index (Phi) is 3.15. The molecule has 0 radical (unpaired) electrons. The van der Waals surface area contributed by atoms with E-state index in [9.17, 15) is 0 Å². The maximum atomic E-state index is 6.09. The maximum Gasteiger partial charge on any atom is 0.143 e. The van der Waals surface area contributed by atoms with E-state index in [1.165, 1.54) is 0 Å².